The Balaban J connectivity index is 1.85. The van der Waals surface area contributed by atoms with Crippen molar-refractivity contribution in [2.45, 2.75) is 45.4 Å². The fourth-order valence-electron chi connectivity index (χ4n) is 4.10. The lowest BCUT2D eigenvalue weighted by molar-refractivity contribution is 0.0814. The van der Waals surface area contributed by atoms with Gasteiger partial charge in [0.2, 0.25) is 0 Å². The molecular formula is C25H29ClN4O3Si. The van der Waals surface area contributed by atoms with Crippen LogP contribution in [0.2, 0.25) is 30.7 Å². The highest BCUT2D eigenvalue weighted by Gasteiger charge is 2.27. The molecule has 7 nitrogen and oxygen atoms in total. The van der Waals surface area contributed by atoms with E-state index < -0.39 is 14.2 Å². The number of nitrogens with one attached hydrogen (secondary N) is 1. The third kappa shape index (κ3) is 4.57. The van der Waals surface area contributed by atoms with Gasteiger partial charge >= 0.3 is 0 Å². The second-order valence-electron chi connectivity index (χ2n) is 9.66. The van der Waals surface area contributed by atoms with Crippen LogP contribution in [0.3, 0.4) is 0 Å². The van der Waals surface area contributed by atoms with E-state index in [1.807, 2.05) is 17.6 Å². The molecule has 0 saturated heterocycles. The van der Waals surface area contributed by atoms with Gasteiger partial charge in [-0.15, -0.1) is 0 Å². The number of aromatic nitrogens is 3. The quantitative estimate of drug-likeness (QED) is 0.239. The molecule has 0 radical (unpaired) electrons. The van der Waals surface area contributed by atoms with Crippen molar-refractivity contribution in [2.24, 2.45) is 0 Å². The highest BCUT2D eigenvalue weighted by atomic mass is 35.5. The van der Waals surface area contributed by atoms with Crippen LogP contribution in [-0.2, 0) is 11.5 Å². The number of methoxy groups -OCH3 is 1. The Morgan fingerprint density at radius 3 is 2.74 bits per heavy atom. The molecule has 0 fully saturated rings. The number of nitriles is 1. The lowest BCUT2D eigenvalue weighted by atomic mass is 9.99. The van der Waals surface area contributed by atoms with Crippen LogP contribution < -0.4 is 4.74 Å². The summed E-state index contributed by atoms with van der Waals surface area (Å²) >= 11 is 6.53. The summed E-state index contributed by atoms with van der Waals surface area (Å²) in [5, 5.41) is 22.3. The third-order valence-corrected chi connectivity index (χ3v) is 7.97. The molecule has 4 rings (SSSR count). The first kappa shape index (κ1) is 24.3. The fraction of sp³-hybridized carbons (Fsp3) is 0.360. The maximum Gasteiger partial charge on any atom is 0.145 e. The molecule has 0 aliphatic rings. The van der Waals surface area contributed by atoms with Crippen molar-refractivity contribution in [3.63, 3.8) is 0 Å². The number of hydrogen-bond acceptors (Lipinski definition) is 5. The molecule has 0 bridgehead atoms. The molecular weight excluding hydrogens is 468 g/mol. The van der Waals surface area contributed by atoms with Crippen molar-refractivity contribution in [2.75, 3.05) is 13.7 Å². The van der Waals surface area contributed by atoms with Gasteiger partial charge in [0.05, 0.1) is 40.3 Å². The Labute approximate surface area is 204 Å². The van der Waals surface area contributed by atoms with Gasteiger partial charge in [0.25, 0.3) is 0 Å². The highest BCUT2D eigenvalue weighted by molar-refractivity contribution is 6.76. The van der Waals surface area contributed by atoms with Crippen molar-refractivity contribution in [1.29, 1.82) is 5.26 Å². The largest absolute Gasteiger partial charge is 0.496 e. The minimum Gasteiger partial charge on any atom is -0.496 e. The van der Waals surface area contributed by atoms with Crippen molar-refractivity contribution in [3.05, 3.63) is 58.0 Å². The minimum atomic E-state index is -1.26. The van der Waals surface area contributed by atoms with Crippen LogP contribution in [0.1, 0.15) is 28.6 Å². The van der Waals surface area contributed by atoms with E-state index in [1.165, 1.54) is 0 Å². The molecule has 2 aromatic carbocycles. The molecule has 2 aromatic heterocycles. The fourth-order valence-corrected chi connectivity index (χ4v) is 5.11. The lowest BCUT2D eigenvalue weighted by Gasteiger charge is -2.20. The molecule has 0 aliphatic carbocycles. The lowest BCUT2D eigenvalue weighted by Crippen LogP contribution is -2.22. The summed E-state index contributed by atoms with van der Waals surface area (Å²) < 4.78 is 13.5. The number of aryl methyl sites for hydroxylation is 1. The van der Waals surface area contributed by atoms with Crippen molar-refractivity contribution in [3.8, 4) is 11.8 Å². The number of aliphatic hydroxyl groups is 1. The number of rotatable bonds is 8. The number of imidazole rings is 1. The number of aromatic amines is 1. The number of ether oxygens (including phenoxy) is 2. The predicted molar refractivity (Wildman–Crippen MR) is 137 cm³/mol. The van der Waals surface area contributed by atoms with Crippen molar-refractivity contribution in [1.82, 2.24) is 14.5 Å². The summed E-state index contributed by atoms with van der Waals surface area (Å²) in [5.74, 6) is 0.925. The summed E-state index contributed by atoms with van der Waals surface area (Å²) in [7, 11) is 0.309. The molecule has 1 unspecified atom stereocenters. The topological polar surface area (TPSA) is 96.1 Å². The molecule has 0 spiro atoms. The van der Waals surface area contributed by atoms with Gasteiger partial charge in [-0.3, -0.25) is 0 Å². The molecule has 0 amide bonds. The first-order chi connectivity index (χ1) is 16.1. The molecule has 4 aromatic rings. The molecule has 178 valence electrons. The average molecular weight is 497 g/mol. The Hall–Kier alpha value is -2.83. The van der Waals surface area contributed by atoms with E-state index in [0.29, 0.717) is 45.2 Å². The zero-order valence-corrected chi connectivity index (χ0v) is 21.8. The number of hydrogen-bond donors (Lipinski definition) is 2. The smallest absolute Gasteiger partial charge is 0.145 e. The summed E-state index contributed by atoms with van der Waals surface area (Å²) in [5.41, 5.74) is 4.24. The Morgan fingerprint density at radius 1 is 1.29 bits per heavy atom. The second kappa shape index (κ2) is 9.43. The van der Waals surface area contributed by atoms with Crippen LogP contribution in [-0.4, -0.2) is 41.4 Å². The van der Waals surface area contributed by atoms with Gasteiger partial charge < -0.3 is 24.1 Å². The summed E-state index contributed by atoms with van der Waals surface area (Å²) in [6.07, 6.45) is 0.571. The Kier molecular flexibility index (Phi) is 6.74. The predicted octanol–water partition coefficient (Wildman–Crippen LogP) is 5.75. The second-order valence-corrected chi connectivity index (χ2v) is 15.7. The van der Waals surface area contributed by atoms with Gasteiger partial charge in [0.15, 0.2) is 0 Å². The molecule has 1 atom stereocenters. The van der Waals surface area contributed by atoms with E-state index in [4.69, 9.17) is 26.1 Å². The van der Waals surface area contributed by atoms with E-state index >= 15 is 0 Å². The molecule has 0 saturated carbocycles. The van der Waals surface area contributed by atoms with Gasteiger partial charge in [-0.1, -0.05) is 31.2 Å². The maximum absolute atomic E-state index is 11.7. The summed E-state index contributed by atoms with van der Waals surface area (Å²) in [6.45, 7) is 9.68. The molecule has 2 N–H and O–H groups in total. The molecule has 2 heterocycles. The number of benzene rings is 2. The standard InChI is InChI=1S/C25H29ClN4O3Si/c1-15-10-20(32-2)22(21-17(26)13-28-23(15)21)24(31)25-29-18-7-6-16(12-27)11-19(18)30(25)14-33-8-9-34(3,4)5/h6-7,10-11,13,24,28,31H,8-9,14H2,1-5H3. The van der Waals surface area contributed by atoms with E-state index in [2.05, 4.69) is 30.7 Å². The van der Waals surface area contributed by atoms with Crippen LogP contribution in [0.15, 0.2) is 30.5 Å². The first-order valence-corrected chi connectivity index (χ1v) is 15.2. The van der Waals surface area contributed by atoms with Crippen LogP contribution in [0, 0.1) is 18.3 Å². The first-order valence-electron chi connectivity index (χ1n) is 11.1. The van der Waals surface area contributed by atoms with Crippen LogP contribution in [0.25, 0.3) is 21.9 Å². The van der Waals surface area contributed by atoms with E-state index in [-0.39, 0.29) is 6.73 Å². The van der Waals surface area contributed by atoms with E-state index in [0.717, 1.165) is 22.6 Å². The zero-order valence-electron chi connectivity index (χ0n) is 20.1. The van der Waals surface area contributed by atoms with Crippen molar-refractivity contribution < 1.29 is 14.6 Å². The van der Waals surface area contributed by atoms with Gasteiger partial charge in [0.1, 0.15) is 24.4 Å². The number of fused-ring (bicyclic) bond motifs is 2. The van der Waals surface area contributed by atoms with Gasteiger partial charge in [-0.2, -0.15) is 5.26 Å². The molecule has 34 heavy (non-hydrogen) atoms. The molecule has 0 aliphatic heterocycles. The van der Waals surface area contributed by atoms with Crippen LogP contribution >= 0.6 is 11.6 Å². The van der Waals surface area contributed by atoms with Crippen LogP contribution in [0.5, 0.6) is 5.75 Å². The van der Waals surface area contributed by atoms with Gasteiger partial charge in [0, 0.05) is 31.8 Å². The van der Waals surface area contributed by atoms with Crippen LogP contribution in [0.4, 0.5) is 0 Å². The molecule has 9 heteroatoms. The normalized spacial score (nSPS) is 12.9. The minimum absolute atomic E-state index is 0.209. The number of nitrogens with zero attached hydrogens (tertiary/aromatic N) is 3. The number of halogens is 1. The third-order valence-electron chi connectivity index (χ3n) is 5.97. The number of aliphatic hydroxyl groups excluding tert-OH is 1. The monoisotopic (exact) mass is 496 g/mol. The van der Waals surface area contributed by atoms with E-state index in [1.54, 1.807) is 31.5 Å². The highest BCUT2D eigenvalue weighted by Crippen LogP contribution is 2.41. The summed E-state index contributed by atoms with van der Waals surface area (Å²) in [4.78, 5) is 7.92. The summed E-state index contributed by atoms with van der Waals surface area (Å²) in [6, 6.07) is 10.3. The number of H-pyrrole nitrogens is 1. The van der Waals surface area contributed by atoms with E-state index in [9.17, 15) is 10.4 Å². The Morgan fingerprint density at radius 2 is 2.06 bits per heavy atom. The van der Waals surface area contributed by atoms with Crippen molar-refractivity contribution >= 4 is 41.6 Å². The zero-order chi connectivity index (χ0) is 24.6. The van der Waals surface area contributed by atoms with Gasteiger partial charge in [-0.25, -0.2) is 4.98 Å². The van der Waals surface area contributed by atoms with Gasteiger partial charge in [-0.05, 0) is 42.8 Å². The average Bonchev–Trinajstić information content (AvgIpc) is 3.36. The Bertz CT molecular complexity index is 1400. The maximum atomic E-state index is 11.7. The SMILES string of the molecule is COc1cc(C)c2[nH]cc(Cl)c2c1C(O)c1nc2ccc(C#N)cc2n1COCC[Si](C)(C)C.